The Labute approximate surface area is 235 Å². The second-order valence-corrected chi connectivity index (χ2v) is 10.7. The van der Waals surface area contributed by atoms with Gasteiger partial charge in [-0.15, -0.1) is 0 Å². The van der Waals surface area contributed by atoms with Crippen LogP contribution in [0.4, 0.5) is 21.5 Å². The van der Waals surface area contributed by atoms with E-state index in [1.807, 2.05) is 48.5 Å². The summed E-state index contributed by atoms with van der Waals surface area (Å²) in [5.41, 5.74) is 4.60. The van der Waals surface area contributed by atoms with Gasteiger partial charge in [0, 0.05) is 30.2 Å². The van der Waals surface area contributed by atoms with Gasteiger partial charge in [0.1, 0.15) is 5.82 Å². The fourth-order valence-electron chi connectivity index (χ4n) is 5.33. The molecule has 8 heteroatoms. The zero-order valence-corrected chi connectivity index (χ0v) is 22.8. The van der Waals surface area contributed by atoms with E-state index in [1.54, 1.807) is 12.1 Å². The number of nitrogens with one attached hydrogen (secondary N) is 4. The Balaban J connectivity index is 1.23. The summed E-state index contributed by atoms with van der Waals surface area (Å²) in [7, 11) is 0. The Hall–Kier alpha value is -3.75. The molecule has 0 bridgehead atoms. The topological polar surface area (TPSA) is 85.5 Å². The summed E-state index contributed by atoms with van der Waals surface area (Å²) in [5.74, 6) is -0.256. The number of benzene rings is 3. The predicted octanol–water partition coefficient (Wildman–Crippen LogP) is 5.19. The molecule has 2 saturated heterocycles. The van der Waals surface area contributed by atoms with Crippen molar-refractivity contribution < 1.29 is 14.0 Å². The van der Waals surface area contributed by atoms with E-state index >= 15 is 0 Å². The number of hydrogen-bond donors (Lipinski definition) is 4. The first-order valence-electron chi connectivity index (χ1n) is 14.3. The standard InChI is InChI=1S/C32H38FN5O2/c33-25-11-17-28(18-12-25)38(21-23-7-13-26(14-8-23)36-31(39)29-5-1-3-19-34-29)22-24-9-15-27(16-10-24)37-32(40)30-6-2-4-20-35-30/h7-18,29-30,34-35H,1-6,19-22H2,(H,36,39)(H,37,40)/t29-,30-/m0/s1. The quantitative estimate of drug-likeness (QED) is 0.298. The number of anilines is 3. The van der Waals surface area contributed by atoms with Crippen LogP contribution >= 0.6 is 0 Å². The average molecular weight is 544 g/mol. The van der Waals surface area contributed by atoms with Crippen LogP contribution in [0.15, 0.2) is 72.8 Å². The van der Waals surface area contributed by atoms with Crippen LogP contribution in [-0.4, -0.2) is 37.0 Å². The molecule has 2 heterocycles. The third-order valence-corrected chi connectivity index (χ3v) is 7.64. The van der Waals surface area contributed by atoms with Gasteiger partial charge in [0.25, 0.3) is 0 Å². The molecule has 0 unspecified atom stereocenters. The molecule has 2 fully saturated rings. The molecule has 0 saturated carbocycles. The highest BCUT2D eigenvalue weighted by atomic mass is 19.1. The molecular weight excluding hydrogens is 505 g/mol. The van der Waals surface area contributed by atoms with Crippen molar-refractivity contribution in [3.8, 4) is 0 Å². The summed E-state index contributed by atoms with van der Waals surface area (Å²) in [6.45, 7) is 2.98. The highest BCUT2D eigenvalue weighted by Crippen LogP contribution is 2.23. The van der Waals surface area contributed by atoms with Gasteiger partial charge in [-0.1, -0.05) is 37.1 Å². The molecule has 2 atom stereocenters. The van der Waals surface area contributed by atoms with Crippen molar-refractivity contribution in [3.05, 3.63) is 89.7 Å². The molecule has 40 heavy (non-hydrogen) atoms. The number of amides is 2. The number of rotatable bonds is 9. The van der Waals surface area contributed by atoms with Crippen LogP contribution in [0.25, 0.3) is 0 Å². The molecule has 210 valence electrons. The van der Waals surface area contributed by atoms with Crippen LogP contribution in [0.3, 0.4) is 0 Å². The number of halogens is 1. The van der Waals surface area contributed by atoms with Crippen LogP contribution < -0.4 is 26.2 Å². The van der Waals surface area contributed by atoms with E-state index in [0.717, 1.165) is 79.8 Å². The number of piperidine rings is 2. The zero-order chi connectivity index (χ0) is 27.7. The molecule has 0 spiro atoms. The number of carbonyl (C=O) groups excluding carboxylic acids is 2. The Kier molecular flexibility index (Phi) is 9.42. The first-order chi connectivity index (χ1) is 19.5. The Morgan fingerprint density at radius 2 is 1.12 bits per heavy atom. The van der Waals surface area contributed by atoms with Crippen molar-refractivity contribution in [1.29, 1.82) is 0 Å². The molecular formula is C32H38FN5O2. The first-order valence-corrected chi connectivity index (χ1v) is 14.3. The second kappa shape index (κ2) is 13.5. The van der Waals surface area contributed by atoms with Gasteiger partial charge in [-0.25, -0.2) is 4.39 Å². The first kappa shape index (κ1) is 27.8. The van der Waals surface area contributed by atoms with Gasteiger partial charge in [-0.05, 0) is 98.4 Å². The lowest BCUT2D eigenvalue weighted by molar-refractivity contribution is -0.119. The summed E-state index contributed by atoms with van der Waals surface area (Å²) in [6, 6.07) is 22.0. The minimum Gasteiger partial charge on any atom is -0.363 e. The van der Waals surface area contributed by atoms with E-state index < -0.39 is 0 Å². The van der Waals surface area contributed by atoms with E-state index in [4.69, 9.17) is 0 Å². The molecule has 4 N–H and O–H groups in total. The predicted molar refractivity (Wildman–Crippen MR) is 158 cm³/mol. The van der Waals surface area contributed by atoms with Gasteiger partial charge in [0.05, 0.1) is 12.1 Å². The van der Waals surface area contributed by atoms with Crippen molar-refractivity contribution in [2.75, 3.05) is 28.6 Å². The van der Waals surface area contributed by atoms with E-state index in [1.165, 1.54) is 12.1 Å². The van der Waals surface area contributed by atoms with Gasteiger partial charge < -0.3 is 26.2 Å². The summed E-state index contributed by atoms with van der Waals surface area (Å²) in [5, 5.41) is 12.6. The Morgan fingerprint density at radius 1 is 0.675 bits per heavy atom. The van der Waals surface area contributed by atoms with Crippen LogP contribution in [0.1, 0.15) is 49.7 Å². The Morgan fingerprint density at radius 3 is 1.52 bits per heavy atom. The van der Waals surface area contributed by atoms with Gasteiger partial charge in [-0.3, -0.25) is 9.59 Å². The minimum absolute atomic E-state index is 0.00929. The summed E-state index contributed by atoms with van der Waals surface area (Å²) < 4.78 is 13.7. The van der Waals surface area contributed by atoms with Gasteiger partial charge in [0.2, 0.25) is 11.8 Å². The second-order valence-electron chi connectivity index (χ2n) is 10.7. The number of carbonyl (C=O) groups is 2. The average Bonchev–Trinajstić information content (AvgIpc) is 3.00. The number of hydrogen-bond acceptors (Lipinski definition) is 5. The largest absolute Gasteiger partial charge is 0.363 e. The van der Waals surface area contributed by atoms with Gasteiger partial charge in [0.15, 0.2) is 0 Å². The van der Waals surface area contributed by atoms with Gasteiger partial charge >= 0.3 is 0 Å². The lowest BCUT2D eigenvalue weighted by atomic mass is 10.0. The smallest absolute Gasteiger partial charge is 0.241 e. The van der Waals surface area contributed by atoms with Crippen LogP contribution in [0, 0.1) is 5.82 Å². The molecule has 2 amide bonds. The van der Waals surface area contributed by atoms with Gasteiger partial charge in [-0.2, -0.15) is 0 Å². The van der Waals surface area contributed by atoms with Crippen molar-refractivity contribution in [1.82, 2.24) is 10.6 Å². The lowest BCUT2D eigenvalue weighted by Gasteiger charge is -2.26. The van der Waals surface area contributed by atoms with Crippen LogP contribution in [-0.2, 0) is 22.7 Å². The highest BCUT2D eigenvalue weighted by Gasteiger charge is 2.21. The molecule has 5 rings (SSSR count). The maximum Gasteiger partial charge on any atom is 0.241 e. The fraction of sp³-hybridized carbons (Fsp3) is 0.375. The van der Waals surface area contributed by atoms with E-state index in [9.17, 15) is 14.0 Å². The Bertz CT molecular complexity index is 1170. The molecule has 2 aliphatic rings. The summed E-state index contributed by atoms with van der Waals surface area (Å²) in [4.78, 5) is 27.3. The molecule has 0 aromatic heterocycles. The third-order valence-electron chi connectivity index (χ3n) is 7.64. The summed E-state index contributed by atoms with van der Waals surface area (Å²) in [6.07, 6.45) is 6.09. The lowest BCUT2D eigenvalue weighted by Crippen LogP contribution is -2.43. The van der Waals surface area contributed by atoms with Crippen molar-refractivity contribution >= 4 is 28.9 Å². The zero-order valence-electron chi connectivity index (χ0n) is 22.8. The van der Waals surface area contributed by atoms with E-state index in [2.05, 4.69) is 26.2 Å². The fourth-order valence-corrected chi connectivity index (χ4v) is 5.33. The highest BCUT2D eigenvalue weighted by molar-refractivity contribution is 5.95. The van der Waals surface area contributed by atoms with Crippen molar-refractivity contribution in [2.24, 2.45) is 0 Å². The normalized spacial score (nSPS) is 19.0. The van der Waals surface area contributed by atoms with Crippen molar-refractivity contribution in [2.45, 2.75) is 63.7 Å². The van der Waals surface area contributed by atoms with Crippen LogP contribution in [0.5, 0.6) is 0 Å². The maximum absolute atomic E-state index is 13.7. The van der Waals surface area contributed by atoms with E-state index in [0.29, 0.717) is 13.1 Å². The molecule has 0 radical (unpaired) electrons. The monoisotopic (exact) mass is 543 g/mol. The molecule has 0 aliphatic carbocycles. The van der Waals surface area contributed by atoms with Crippen molar-refractivity contribution in [3.63, 3.8) is 0 Å². The van der Waals surface area contributed by atoms with E-state index in [-0.39, 0.29) is 29.7 Å². The summed E-state index contributed by atoms with van der Waals surface area (Å²) >= 11 is 0. The molecule has 7 nitrogen and oxygen atoms in total. The minimum atomic E-state index is -0.274. The SMILES string of the molecule is O=C(Nc1ccc(CN(Cc2ccc(NC(=O)[C@@H]3CCCCN3)cc2)c2ccc(F)cc2)cc1)[C@@H]1CCCCN1. The number of nitrogens with zero attached hydrogens (tertiary/aromatic N) is 1. The van der Waals surface area contributed by atoms with Crippen LogP contribution in [0.2, 0.25) is 0 Å². The maximum atomic E-state index is 13.7. The third kappa shape index (κ3) is 7.67. The molecule has 2 aliphatic heterocycles. The molecule has 3 aromatic carbocycles. The molecule has 3 aromatic rings.